The zero-order chi connectivity index (χ0) is 21.4. The lowest BCUT2D eigenvalue weighted by Crippen LogP contribution is -2.25. The first-order chi connectivity index (χ1) is 15.1. The normalized spacial score (nSPS) is 17.3. The second kappa shape index (κ2) is 7.92. The number of ether oxygens (including phenoxy) is 1. The molecule has 31 heavy (non-hydrogen) atoms. The van der Waals surface area contributed by atoms with Crippen LogP contribution in [-0.4, -0.2) is 53.1 Å². The van der Waals surface area contributed by atoms with Crippen molar-refractivity contribution in [1.82, 2.24) is 9.88 Å². The number of rotatable bonds is 6. The molecule has 5 rings (SSSR count). The van der Waals surface area contributed by atoms with Crippen molar-refractivity contribution in [2.75, 3.05) is 31.6 Å². The highest BCUT2D eigenvalue weighted by Crippen LogP contribution is 2.34. The van der Waals surface area contributed by atoms with E-state index in [2.05, 4.69) is 15.2 Å². The molecule has 3 heterocycles. The number of carboxylic acids is 1. The van der Waals surface area contributed by atoms with Gasteiger partial charge >= 0.3 is 5.97 Å². The van der Waals surface area contributed by atoms with Crippen molar-refractivity contribution in [3.63, 3.8) is 0 Å². The molecule has 1 aromatic heterocycles. The predicted octanol–water partition coefficient (Wildman–Crippen LogP) is 3.83. The second-order valence-corrected chi connectivity index (χ2v) is 7.95. The van der Waals surface area contributed by atoms with E-state index in [1.54, 1.807) is 12.1 Å². The Bertz CT molecular complexity index is 1200. The van der Waals surface area contributed by atoms with Gasteiger partial charge in [-0.15, -0.1) is 0 Å². The molecule has 0 atom stereocenters. The molecule has 0 bridgehead atoms. The first-order valence-corrected chi connectivity index (χ1v) is 10.5. The maximum absolute atomic E-state index is 12.4. The number of carbonyl (C=O) groups excluding carboxylic acids is 1. The van der Waals surface area contributed by atoms with Crippen LogP contribution in [0.4, 0.5) is 5.69 Å². The number of amides is 1. The Kier molecular flexibility index (Phi) is 4.95. The number of benzene rings is 2. The predicted molar refractivity (Wildman–Crippen MR) is 119 cm³/mol. The lowest BCUT2D eigenvalue weighted by molar-refractivity contribution is -0.110. The monoisotopic (exact) mass is 417 g/mol. The summed E-state index contributed by atoms with van der Waals surface area (Å²) in [5.74, 6) is -0.444. The summed E-state index contributed by atoms with van der Waals surface area (Å²) in [6.07, 6.45) is 4.34. The fourth-order valence-electron chi connectivity index (χ4n) is 4.23. The Balaban J connectivity index is 1.35. The Hall–Kier alpha value is -3.58. The lowest BCUT2D eigenvalue weighted by Gasteiger charge is -2.14. The van der Waals surface area contributed by atoms with E-state index in [4.69, 9.17) is 9.84 Å². The minimum absolute atomic E-state index is 0.142. The van der Waals surface area contributed by atoms with E-state index in [0.717, 1.165) is 42.0 Å². The van der Waals surface area contributed by atoms with Crippen molar-refractivity contribution < 1.29 is 19.4 Å². The van der Waals surface area contributed by atoms with E-state index in [1.807, 2.05) is 24.3 Å². The number of aromatic carboxylic acids is 1. The highest BCUT2D eigenvalue weighted by Gasteiger charge is 2.25. The third kappa shape index (κ3) is 3.92. The quantitative estimate of drug-likeness (QED) is 0.530. The van der Waals surface area contributed by atoms with Crippen molar-refractivity contribution in [2.24, 2.45) is 0 Å². The molecule has 2 aliphatic heterocycles. The van der Waals surface area contributed by atoms with Crippen molar-refractivity contribution in [3.8, 4) is 5.75 Å². The van der Waals surface area contributed by atoms with Crippen LogP contribution in [0.25, 0.3) is 22.6 Å². The average Bonchev–Trinajstić information content (AvgIpc) is 3.47. The summed E-state index contributed by atoms with van der Waals surface area (Å²) in [4.78, 5) is 29.4. The highest BCUT2D eigenvalue weighted by atomic mass is 16.5. The van der Waals surface area contributed by atoms with Crippen LogP contribution in [0.15, 0.2) is 42.5 Å². The summed E-state index contributed by atoms with van der Waals surface area (Å²) in [6.45, 7) is 3.93. The number of likely N-dealkylation sites (tertiary alicyclic amines) is 1. The number of carboxylic acid groups (broad SMARTS) is 1. The third-order valence-electron chi connectivity index (χ3n) is 5.84. The van der Waals surface area contributed by atoms with Crippen molar-refractivity contribution >= 4 is 40.1 Å². The van der Waals surface area contributed by atoms with Gasteiger partial charge in [0, 0.05) is 34.4 Å². The van der Waals surface area contributed by atoms with Crippen LogP contribution in [0.5, 0.6) is 5.75 Å². The minimum atomic E-state index is -1.02. The summed E-state index contributed by atoms with van der Waals surface area (Å²) in [5, 5.41) is 12.9. The number of nitrogens with zero attached hydrogens (tertiary/aromatic N) is 1. The van der Waals surface area contributed by atoms with Crippen molar-refractivity contribution in [3.05, 3.63) is 59.3 Å². The SMILES string of the molecule is O=C1Nc2cc(C(=O)O)ccc2/C1=C\c1cc2cc(OCCN3CCCC3)ccc2[nH]1. The van der Waals surface area contributed by atoms with Gasteiger partial charge in [-0.1, -0.05) is 6.07 Å². The molecule has 3 N–H and O–H groups in total. The maximum Gasteiger partial charge on any atom is 0.335 e. The van der Waals surface area contributed by atoms with Crippen LogP contribution in [0, 0.1) is 0 Å². The van der Waals surface area contributed by atoms with Gasteiger partial charge in [0.15, 0.2) is 0 Å². The Morgan fingerprint density at radius 1 is 1.13 bits per heavy atom. The summed E-state index contributed by atoms with van der Waals surface area (Å²) in [5.41, 5.74) is 3.60. The van der Waals surface area contributed by atoms with Gasteiger partial charge in [0.25, 0.3) is 5.91 Å². The fourth-order valence-corrected chi connectivity index (χ4v) is 4.23. The van der Waals surface area contributed by atoms with Gasteiger partial charge in [-0.05, 0) is 68.4 Å². The van der Waals surface area contributed by atoms with Gasteiger partial charge in [0.05, 0.1) is 11.1 Å². The van der Waals surface area contributed by atoms with E-state index in [-0.39, 0.29) is 11.5 Å². The Labute approximate surface area is 179 Å². The summed E-state index contributed by atoms with van der Waals surface area (Å²) >= 11 is 0. The summed E-state index contributed by atoms with van der Waals surface area (Å²) in [7, 11) is 0. The van der Waals surface area contributed by atoms with E-state index in [9.17, 15) is 9.59 Å². The molecule has 0 radical (unpaired) electrons. The molecule has 0 spiro atoms. The molecular formula is C24H23N3O4. The first-order valence-electron chi connectivity index (χ1n) is 10.5. The van der Waals surface area contributed by atoms with Gasteiger partial charge < -0.3 is 20.1 Å². The third-order valence-corrected chi connectivity index (χ3v) is 5.84. The van der Waals surface area contributed by atoms with Gasteiger partial charge in [-0.25, -0.2) is 4.79 Å². The highest BCUT2D eigenvalue weighted by molar-refractivity contribution is 6.35. The average molecular weight is 417 g/mol. The minimum Gasteiger partial charge on any atom is -0.492 e. The molecule has 0 aliphatic carbocycles. The number of anilines is 1. The van der Waals surface area contributed by atoms with Gasteiger partial charge in [-0.2, -0.15) is 0 Å². The molecule has 7 heteroatoms. The van der Waals surface area contributed by atoms with Crippen molar-refractivity contribution in [2.45, 2.75) is 12.8 Å². The van der Waals surface area contributed by atoms with E-state index in [0.29, 0.717) is 23.4 Å². The molecule has 0 saturated carbocycles. The van der Waals surface area contributed by atoms with Crippen LogP contribution in [0.1, 0.15) is 34.5 Å². The number of nitrogens with one attached hydrogen (secondary N) is 2. The van der Waals surface area contributed by atoms with E-state index >= 15 is 0 Å². The van der Waals surface area contributed by atoms with Crippen LogP contribution >= 0.6 is 0 Å². The lowest BCUT2D eigenvalue weighted by atomic mass is 10.0. The molecular weight excluding hydrogens is 394 g/mol. The maximum atomic E-state index is 12.4. The first kappa shape index (κ1) is 19.4. The van der Waals surface area contributed by atoms with Gasteiger partial charge in [0.1, 0.15) is 12.4 Å². The van der Waals surface area contributed by atoms with Gasteiger partial charge in [0.2, 0.25) is 0 Å². The summed E-state index contributed by atoms with van der Waals surface area (Å²) in [6, 6.07) is 12.6. The van der Waals surface area contributed by atoms with E-state index < -0.39 is 5.97 Å². The zero-order valence-electron chi connectivity index (χ0n) is 17.0. The zero-order valence-corrected chi connectivity index (χ0v) is 17.0. The molecule has 3 aromatic rings. The topological polar surface area (TPSA) is 94.7 Å². The molecule has 1 saturated heterocycles. The molecule has 2 aromatic carbocycles. The largest absolute Gasteiger partial charge is 0.492 e. The number of hydrogen-bond acceptors (Lipinski definition) is 4. The molecule has 158 valence electrons. The molecule has 2 aliphatic rings. The van der Waals surface area contributed by atoms with Gasteiger partial charge in [-0.3, -0.25) is 9.69 Å². The van der Waals surface area contributed by atoms with Crippen LogP contribution < -0.4 is 10.1 Å². The number of fused-ring (bicyclic) bond motifs is 2. The van der Waals surface area contributed by atoms with Crippen LogP contribution in [0.3, 0.4) is 0 Å². The molecule has 7 nitrogen and oxygen atoms in total. The number of aromatic amines is 1. The fraction of sp³-hybridized carbons (Fsp3) is 0.250. The Morgan fingerprint density at radius 3 is 2.77 bits per heavy atom. The van der Waals surface area contributed by atoms with Crippen molar-refractivity contribution in [1.29, 1.82) is 0 Å². The number of hydrogen-bond donors (Lipinski definition) is 3. The smallest absolute Gasteiger partial charge is 0.335 e. The van der Waals surface area contributed by atoms with Crippen LogP contribution in [-0.2, 0) is 4.79 Å². The summed E-state index contributed by atoms with van der Waals surface area (Å²) < 4.78 is 5.93. The van der Waals surface area contributed by atoms with E-state index in [1.165, 1.54) is 25.0 Å². The Morgan fingerprint density at radius 2 is 1.97 bits per heavy atom. The standard InChI is InChI=1S/C24H23N3O4/c28-23-20(19-5-3-15(24(29)30)13-22(19)26-23)14-17-11-16-12-18(4-6-21(16)25-17)31-10-9-27-7-1-2-8-27/h3-6,11-14,25H,1-2,7-10H2,(H,26,28)(H,29,30)/b20-14+. The van der Waals surface area contributed by atoms with Crippen LogP contribution in [0.2, 0.25) is 0 Å². The number of H-pyrrole nitrogens is 1. The second-order valence-electron chi connectivity index (χ2n) is 7.95. The molecule has 0 unspecified atom stereocenters. The molecule has 1 amide bonds. The number of carbonyl (C=O) groups is 2. The number of aromatic nitrogens is 1. The molecule has 1 fully saturated rings.